The van der Waals surface area contributed by atoms with Gasteiger partial charge in [0.2, 0.25) is 5.91 Å². The van der Waals surface area contributed by atoms with Crippen molar-refractivity contribution in [3.05, 3.63) is 64.2 Å². The Kier molecular flexibility index (Phi) is 6.48. The molecule has 2 aromatic carbocycles. The summed E-state index contributed by atoms with van der Waals surface area (Å²) < 4.78 is 5.24. The molecule has 122 valence electrons. The molecule has 0 aromatic heterocycles. The van der Waals surface area contributed by atoms with Crippen LogP contribution in [0.25, 0.3) is 0 Å². The molecule has 0 saturated carbocycles. The van der Waals surface area contributed by atoms with Crippen LogP contribution in [0.3, 0.4) is 0 Å². The molecule has 1 amide bonds. The van der Waals surface area contributed by atoms with Gasteiger partial charge in [0, 0.05) is 18.0 Å². The lowest BCUT2D eigenvalue weighted by atomic mass is 10.1. The van der Waals surface area contributed by atoms with Gasteiger partial charge in [-0.15, -0.1) is 0 Å². The Balaban J connectivity index is 1.72. The zero-order valence-electron chi connectivity index (χ0n) is 13.6. The quantitative estimate of drug-likeness (QED) is 0.834. The van der Waals surface area contributed by atoms with Crippen LogP contribution in [0.1, 0.15) is 23.1 Å². The Labute approximate surface area is 142 Å². The van der Waals surface area contributed by atoms with E-state index in [0.717, 1.165) is 34.7 Å². The fraction of sp³-hybridized carbons (Fsp3) is 0.316. The van der Waals surface area contributed by atoms with Crippen LogP contribution in [0.4, 0.5) is 0 Å². The lowest BCUT2D eigenvalue weighted by Crippen LogP contribution is -2.25. The van der Waals surface area contributed by atoms with E-state index in [4.69, 9.17) is 16.3 Å². The van der Waals surface area contributed by atoms with Crippen molar-refractivity contribution in [1.82, 2.24) is 5.32 Å². The number of rotatable bonds is 7. The van der Waals surface area contributed by atoms with E-state index in [0.29, 0.717) is 13.0 Å². The number of aryl methyl sites for hydroxylation is 2. The molecule has 0 heterocycles. The van der Waals surface area contributed by atoms with Crippen LogP contribution < -0.4 is 10.1 Å². The first-order valence-electron chi connectivity index (χ1n) is 7.73. The van der Waals surface area contributed by atoms with Gasteiger partial charge in [-0.2, -0.15) is 0 Å². The zero-order valence-corrected chi connectivity index (χ0v) is 14.3. The van der Waals surface area contributed by atoms with E-state index in [1.54, 1.807) is 7.11 Å². The van der Waals surface area contributed by atoms with Gasteiger partial charge < -0.3 is 10.1 Å². The molecule has 0 bridgehead atoms. The average Bonchev–Trinajstić information content (AvgIpc) is 2.55. The Morgan fingerprint density at radius 1 is 1.09 bits per heavy atom. The highest BCUT2D eigenvalue weighted by molar-refractivity contribution is 6.30. The molecule has 2 rings (SSSR count). The van der Waals surface area contributed by atoms with Crippen molar-refractivity contribution in [3.63, 3.8) is 0 Å². The summed E-state index contributed by atoms with van der Waals surface area (Å²) in [4.78, 5) is 11.9. The number of carbonyl (C=O) groups excluding carboxylic acids is 1. The van der Waals surface area contributed by atoms with Gasteiger partial charge in [0.25, 0.3) is 0 Å². The lowest BCUT2D eigenvalue weighted by Gasteiger charge is -2.08. The van der Waals surface area contributed by atoms with Crippen molar-refractivity contribution in [3.8, 4) is 5.75 Å². The Morgan fingerprint density at radius 2 is 1.78 bits per heavy atom. The Morgan fingerprint density at radius 3 is 2.43 bits per heavy atom. The molecular formula is C19H22ClNO2. The number of halogens is 1. The maximum Gasteiger partial charge on any atom is 0.220 e. The Hall–Kier alpha value is -2.00. The van der Waals surface area contributed by atoms with Crippen LogP contribution in [-0.4, -0.2) is 19.6 Å². The summed E-state index contributed by atoms with van der Waals surface area (Å²) in [5, 5.41) is 3.69. The van der Waals surface area contributed by atoms with Gasteiger partial charge in [-0.25, -0.2) is 0 Å². The SMILES string of the molecule is COc1ccc(CCC(=O)NCCc2ccc(Cl)cc2)cc1C. The highest BCUT2D eigenvalue weighted by Crippen LogP contribution is 2.19. The summed E-state index contributed by atoms with van der Waals surface area (Å²) in [6.45, 7) is 2.65. The number of hydrogen-bond donors (Lipinski definition) is 1. The monoisotopic (exact) mass is 331 g/mol. The van der Waals surface area contributed by atoms with E-state index in [-0.39, 0.29) is 5.91 Å². The minimum atomic E-state index is 0.0763. The van der Waals surface area contributed by atoms with Gasteiger partial charge in [0.1, 0.15) is 5.75 Å². The summed E-state index contributed by atoms with van der Waals surface area (Å²) in [7, 11) is 1.66. The normalized spacial score (nSPS) is 10.4. The number of carbonyl (C=O) groups is 1. The maximum atomic E-state index is 11.9. The first-order valence-corrected chi connectivity index (χ1v) is 8.11. The molecule has 1 N–H and O–H groups in total. The Bertz CT molecular complexity index is 653. The third-order valence-corrected chi connectivity index (χ3v) is 4.00. The van der Waals surface area contributed by atoms with Crippen LogP contribution in [0.15, 0.2) is 42.5 Å². The number of hydrogen-bond acceptors (Lipinski definition) is 2. The molecule has 0 saturated heterocycles. The van der Waals surface area contributed by atoms with Crippen molar-refractivity contribution < 1.29 is 9.53 Å². The number of ether oxygens (including phenoxy) is 1. The number of benzene rings is 2. The second-order valence-corrected chi connectivity index (χ2v) is 5.97. The van der Waals surface area contributed by atoms with Gasteiger partial charge in [-0.05, 0) is 54.7 Å². The van der Waals surface area contributed by atoms with Gasteiger partial charge in [-0.3, -0.25) is 4.79 Å². The third-order valence-electron chi connectivity index (χ3n) is 3.75. The summed E-state index contributed by atoms with van der Waals surface area (Å²) in [6, 6.07) is 13.7. The molecule has 0 radical (unpaired) electrons. The van der Waals surface area contributed by atoms with Gasteiger partial charge >= 0.3 is 0 Å². The van der Waals surface area contributed by atoms with Crippen LogP contribution >= 0.6 is 11.6 Å². The fourth-order valence-electron chi connectivity index (χ4n) is 2.44. The summed E-state index contributed by atoms with van der Waals surface area (Å²) in [5.41, 5.74) is 3.41. The predicted molar refractivity (Wildman–Crippen MR) is 94.2 cm³/mol. The standard InChI is InChI=1S/C19H22ClNO2/c1-14-13-16(5-9-18(14)23-2)6-10-19(22)21-12-11-15-3-7-17(20)8-4-15/h3-5,7-9,13H,6,10-12H2,1-2H3,(H,21,22). The number of nitrogens with one attached hydrogen (secondary N) is 1. The molecule has 3 nitrogen and oxygen atoms in total. The molecule has 0 spiro atoms. The summed E-state index contributed by atoms with van der Waals surface area (Å²) in [5.74, 6) is 0.952. The van der Waals surface area contributed by atoms with Crippen molar-refractivity contribution in [2.45, 2.75) is 26.2 Å². The van der Waals surface area contributed by atoms with Crippen LogP contribution in [-0.2, 0) is 17.6 Å². The topological polar surface area (TPSA) is 38.3 Å². The second-order valence-electron chi connectivity index (χ2n) is 5.53. The van der Waals surface area contributed by atoms with Crippen LogP contribution in [0.5, 0.6) is 5.75 Å². The smallest absolute Gasteiger partial charge is 0.220 e. The first kappa shape index (κ1) is 17.4. The first-order chi connectivity index (χ1) is 11.1. The number of methoxy groups -OCH3 is 1. The van der Waals surface area contributed by atoms with Crippen molar-refractivity contribution in [2.75, 3.05) is 13.7 Å². The van der Waals surface area contributed by atoms with E-state index in [1.165, 1.54) is 5.56 Å². The van der Waals surface area contributed by atoms with Gasteiger partial charge in [0.05, 0.1) is 7.11 Å². The predicted octanol–water partition coefficient (Wildman–Crippen LogP) is 3.95. The second kappa shape index (κ2) is 8.59. The summed E-state index contributed by atoms with van der Waals surface area (Å²) in [6.07, 6.45) is 2.04. The van der Waals surface area contributed by atoms with Crippen molar-refractivity contribution in [2.24, 2.45) is 0 Å². The van der Waals surface area contributed by atoms with Crippen LogP contribution in [0, 0.1) is 6.92 Å². The fourth-order valence-corrected chi connectivity index (χ4v) is 2.57. The zero-order chi connectivity index (χ0) is 16.7. The van der Waals surface area contributed by atoms with Crippen LogP contribution in [0.2, 0.25) is 5.02 Å². The highest BCUT2D eigenvalue weighted by Gasteiger charge is 2.04. The number of amides is 1. The minimum Gasteiger partial charge on any atom is -0.496 e. The van der Waals surface area contributed by atoms with E-state index < -0.39 is 0 Å². The lowest BCUT2D eigenvalue weighted by molar-refractivity contribution is -0.121. The molecule has 2 aromatic rings. The molecule has 4 heteroatoms. The molecule has 23 heavy (non-hydrogen) atoms. The van der Waals surface area contributed by atoms with Gasteiger partial charge in [0.15, 0.2) is 0 Å². The third kappa shape index (κ3) is 5.61. The average molecular weight is 332 g/mol. The molecule has 0 atom stereocenters. The van der Waals surface area contributed by atoms with E-state index >= 15 is 0 Å². The van der Waals surface area contributed by atoms with E-state index in [2.05, 4.69) is 11.4 Å². The highest BCUT2D eigenvalue weighted by atomic mass is 35.5. The molecule has 0 unspecified atom stereocenters. The van der Waals surface area contributed by atoms with Crippen molar-refractivity contribution >= 4 is 17.5 Å². The molecule has 0 aliphatic carbocycles. The minimum absolute atomic E-state index is 0.0763. The molecular weight excluding hydrogens is 310 g/mol. The maximum absolute atomic E-state index is 11.9. The van der Waals surface area contributed by atoms with E-state index in [1.807, 2.05) is 43.3 Å². The largest absolute Gasteiger partial charge is 0.496 e. The molecule has 0 aliphatic heterocycles. The van der Waals surface area contributed by atoms with Gasteiger partial charge in [-0.1, -0.05) is 35.9 Å². The molecule has 0 fully saturated rings. The van der Waals surface area contributed by atoms with E-state index in [9.17, 15) is 4.79 Å². The summed E-state index contributed by atoms with van der Waals surface area (Å²) >= 11 is 5.85. The molecule has 0 aliphatic rings. The van der Waals surface area contributed by atoms with Crippen molar-refractivity contribution in [1.29, 1.82) is 0 Å².